The Morgan fingerprint density at radius 3 is 2.21 bits per heavy atom. The van der Waals surface area contributed by atoms with Crippen molar-refractivity contribution < 1.29 is 15.0 Å². The number of aliphatic hydroxyl groups is 1. The minimum absolute atomic E-state index is 0.356. The number of hydrogen-bond donors (Lipinski definition) is 1. The highest BCUT2D eigenvalue weighted by Crippen LogP contribution is 2.28. The van der Waals surface area contributed by atoms with Crippen molar-refractivity contribution in [3.05, 3.63) is 35.9 Å². The molecule has 0 saturated carbocycles. The summed E-state index contributed by atoms with van der Waals surface area (Å²) in [4.78, 5) is 10.9. The van der Waals surface area contributed by atoms with E-state index in [9.17, 15) is 15.0 Å². The van der Waals surface area contributed by atoms with E-state index >= 15 is 0 Å². The molecule has 1 aromatic rings. The molecule has 1 rings (SSSR count). The molecule has 0 unspecified atom stereocenters. The third kappa shape index (κ3) is 1.63. The van der Waals surface area contributed by atoms with E-state index in [1.807, 2.05) is 0 Å². The fourth-order valence-electron chi connectivity index (χ4n) is 1.38. The van der Waals surface area contributed by atoms with Crippen molar-refractivity contribution in [2.45, 2.75) is 19.4 Å². The number of hydrogen-bond acceptors (Lipinski definition) is 3. The van der Waals surface area contributed by atoms with Crippen LogP contribution in [0.5, 0.6) is 0 Å². The third-order valence-corrected chi connectivity index (χ3v) is 2.36. The van der Waals surface area contributed by atoms with Gasteiger partial charge in [-0.25, -0.2) is 0 Å². The molecule has 0 fully saturated rings. The lowest BCUT2D eigenvalue weighted by atomic mass is 9.83. The molecule has 0 aliphatic rings. The zero-order valence-corrected chi connectivity index (χ0v) is 8.23. The largest absolute Gasteiger partial charge is 0.547 e. The molecular formula is C11H13O3-. The molecule has 3 heteroatoms. The molecule has 1 aromatic carbocycles. The molecular weight excluding hydrogens is 180 g/mol. The van der Waals surface area contributed by atoms with Crippen LogP contribution in [0.15, 0.2) is 30.3 Å². The van der Waals surface area contributed by atoms with E-state index in [1.54, 1.807) is 44.2 Å². The summed E-state index contributed by atoms with van der Waals surface area (Å²) in [5.41, 5.74) is -1.55. The molecule has 0 heterocycles. The standard InChI is InChI=1S/C11H14O3/c1-8(2)11(14,10(12)13)9-6-4-3-5-7-9/h3-8,14H,1-2H3,(H,12,13)/p-1/t11-/m1/s1. The summed E-state index contributed by atoms with van der Waals surface area (Å²) in [5, 5.41) is 20.9. The van der Waals surface area contributed by atoms with E-state index in [2.05, 4.69) is 0 Å². The first-order valence-corrected chi connectivity index (χ1v) is 4.49. The summed E-state index contributed by atoms with van der Waals surface area (Å²) >= 11 is 0. The maximum absolute atomic E-state index is 10.9. The summed E-state index contributed by atoms with van der Waals surface area (Å²) in [6.07, 6.45) is 0. The van der Waals surface area contributed by atoms with Crippen molar-refractivity contribution in [3.63, 3.8) is 0 Å². The Balaban J connectivity index is 3.20. The Kier molecular flexibility index (Phi) is 2.91. The predicted octanol–water partition coefficient (Wildman–Crippen LogP) is 0.280. The maximum atomic E-state index is 10.9. The van der Waals surface area contributed by atoms with E-state index in [-0.39, 0.29) is 0 Å². The highest BCUT2D eigenvalue weighted by atomic mass is 16.4. The predicted molar refractivity (Wildman–Crippen MR) is 50.2 cm³/mol. The third-order valence-electron chi connectivity index (χ3n) is 2.36. The topological polar surface area (TPSA) is 60.4 Å². The van der Waals surface area contributed by atoms with Crippen LogP contribution in [-0.2, 0) is 10.4 Å². The van der Waals surface area contributed by atoms with E-state index in [0.717, 1.165) is 0 Å². The molecule has 0 saturated heterocycles. The Morgan fingerprint density at radius 1 is 1.36 bits per heavy atom. The van der Waals surface area contributed by atoms with Crippen molar-refractivity contribution in [1.82, 2.24) is 0 Å². The lowest BCUT2D eigenvalue weighted by molar-refractivity contribution is -0.329. The molecule has 76 valence electrons. The number of carbonyl (C=O) groups excluding carboxylic acids is 1. The number of aliphatic carboxylic acids is 1. The van der Waals surface area contributed by atoms with Gasteiger partial charge in [0.1, 0.15) is 5.60 Å². The number of carboxylic acids is 1. The van der Waals surface area contributed by atoms with Gasteiger partial charge in [0.05, 0.1) is 5.97 Å². The van der Waals surface area contributed by atoms with Gasteiger partial charge < -0.3 is 15.0 Å². The van der Waals surface area contributed by atoms with E-state index in [0.29, 0.717) is 5.56 Å². The van der Waals surface area contributed by atoms with Gasteiger partial charge in [0.15, 0.2) is 0 Å². The van der Waals surface area contributed by atoms with Gasteiger partial charge in [-0.05, 0) is 11.5 Å². The van der Waals surface area contributed by atoms with Crippen LogP contribution in [0.1, 0.15) is 19.4 Å². The van der Waals surface area contributed by atoms with Crippen LogP contribution >= 0.6 is 0 Å². The van der Waals surface area contributed by atoms with Gasteiger partial charge in [0.25, 0.3) is 0 Å². The van der Waals surface area contributed by atoms with E-state index < -0.39 is 17.5 Å². The van der Waals surface area contributed by atoms with E-state index in [4.69, 9.17) is 0 Å². The van der Waals surface area contributed by atoms with Crippen LogP contribution in [0.4, 0.5) is 0 Å². The van der Waals surface area contributed by atoms with Gasteiger partial charge in [-0.15, -0.1) is 0 Å². The first-order valence-electron chi connectivity index (χ1n) is 4.49. The number of carboxylic acid groups (broad SMARTS) is 1. The Labute approximate surface area is 83.0 Å². The molecule has 0 aliphatic carbocycles. The first kappa shape index (κ1) is 10.7. The van der Waals surface area contributed by atoms with Gasteiger partial charge in [0.2, 0.25) is 0 Å². The van der Waals surface area contributed by atoms with Gasteiger partial charge in [-0.2, -0.15) is 0 Å². The van der Waals surface area contributed by atoms with Crippen LogP contribution in [-0.4, -0.2) is 11.1 Å². The van der Waals surface area contributed by atoms with Crippen molar-refractivity contribution in [2.75, 3.05) is 0 Å². The normalized spacial score (nSPS) is 15.1. The molecule has 1 N–H and O–H groups in total. The van der Waals surface area contributed by atoms with Gasteiger partial charge >= 0.3 is 0 Å². The number of carbonyl (C=O) groups is 1. The second-order valence-corrected chi connectivity index (χ2v) is 3.57. The smallest absolute Gasteiger partial charge is 0.131 e. The summed E-state index contributed by atoms with van der Waals surface area (Å²) < 4.78 is 0. The molecule has 0 aromatic heterocycles. The molecule has 0 radical (unpaired) electrons. The zero-order chi connectivity index (χ0) is 10.8. The molecule has 0 bridgehead atoms. The molecule has 0 spiro atoms. The minimum atomic E-state index is -1.90. The number of rotatable bonds is 3. The second kappa shape index (κ2) is 3.80. The Morgan fingerprint density at radius 2 is 1.86 bits per heavy atom. The quantitative estimate of drug-likeness (QED) is 0.750. The highest BCUT2D eigenvalue weighted by molar-refractivity contribution is 5.77. The minimum Gasteiger partial charge on any atom is -0.547 e. The Bertz CT molecular complexity index is 319. The fraction of sp³-hybridized carbons (Fsp3) is 0.364. The summed E-state index contributed by atoms with van der Waals surface area (Å²) in [5.74, 6) is -1.89. The molecule has 0 aliphatic heterocycles. The van der Waals surface area contributed by atoms with Crippen molar-refractivity contribution in [3.8, 4) is 0 Å². The lowest BCUT2D eigenvalue weighted by Gasteiger charge is -2.33. The zero-order valence-electron chi connectivity index (χ0n) is 8.23. The molecule has 3 nitrogen and oxygen atoms in total. The summed E-state index contributed by atoms with van der Waals surface area (Å²) in [6, 6.07) is 8.29. The van der Waals surface area contributed by atoms with Crippen LogP contribution in [0.3, 0.4) is 0 Å². The van der Waals surface area contributed by atoms with Crippen LogP contribution in [0, 0.1) is 5.92 Å². The molecule has 1 atom stereocenters. The van der Waals surface area contributed by atoms with Gasteiger partial charge in [-0.1, -0.05) is 44.2 Å². The second-order valence-electron chi connectivity index (χ2n) is 3.57. The monoisotopic (exact) mass is 193 g/mol. The van der Waals surface area contributed by atoms with Crippen molar-refractivity contribution in [2.24, 2.45) is 5.92 Å². The van der Waals surface area contributed by atoms with E-state index in [1.165, 1.54) is 0 Å². The van der Waals surface area contributed by atoms with Gasteiger partial charge in [0, 0.05) is 0 Å². The van der Waals surface area contributed by atoms with Crippen LogP contribution in [0.25, 0.3) is 0 Å². The first-order chi connectivity index (χ1) is 6.49. The maximum Gasteiger partial charge on any atom is 0.131 e. The van der Waals surface area contributed by atoms with Gasteiger partial charge in [-0.3, -0.25) is 0 Å². The van der Waals surface area contributed by atoms with Crippen molar-refractivity contribution in [1.29, 1.82) is 0 Å². The lowest BCUT2D eigenvalue weighted by Crippen LogP contribution is -2.49. The highest BCUT2D eigenvalue weighted by Gasteiger charge is 2.34. The summed E-state index contributed by atoms with van der Waals surface area (Å²) in [6.45, 7) is 3.28. The fourth-order valence-corrected chi connectivity index (χ4v) is 1.38. The Hall–Kier alpha value is -1.35. The van der Waals surface area contributed by atoms with Crippen LogP contribution < -0.4 is 5.11 Å². The average molecular weight is 193 g/mol. The molecule has 14 heavy (non-hydrogen) atoms. The molecule has 0 amide bonds. The van der Waals surface area contributed by atoms with Crippen molar-refractivity contribution >= 4 is 5.97 Å². The summed E-state index contributed by atoms with van der Waals surface area (Å²) in [7, 11) is 0. The average Bonchev–Trinajstić information content (AvgIpc) is 2.17. The number of benzene rings is 1. The van der Waals surface area contributed by atoms with Crippen LogP contribution in [0.2, 0.25) is 0 Å². The SMILES string of the molecule is CC(C)[C@](O)(C(=O)[O-])c1ccccc1.